The molecule has 0 bridgehead atoms. The van der Waals surface area contributed by atoms with E-state index in [0.717, 1.165) is 45.3 Å². The normalized spacial score (nSPS) is 10.8. The molecule has 0 atom stereocenters. The van der Waals surface area contributed by atoms with E-state index in [0.29, 0.717) is 0 Å². The Hall–Kier alpha value is -21.0. The van der Waals surface area contributed by atoms with Gasteiger partial charge in [0.05, 0.1) is 0 Å². The van der Waals surface area contributed by atoms with Crippen LogP contribution in [0, 0.1) is 53.7 Å². The van der Waals surface area contributed by atoms with Gasteiger partial charge in [-0.1, -0.05) is 408 Å². The van der Waals surface area contributed by atoms with Crippen molar-refractivity contribution in [2.75, 3.05) is 9.80 Å². The first-order valence-corrected chi connectivity index (χ1v) is 47.5. The first kappa shape index (κ1) is 90.1. The zero-order chi connectivity index (χ0) is 98.8. The molecule has 24 rings (SSSR count). The van der Waals surface area contributed by atoms with E-state index >= 15 is 0 Å². The highest BCUT2D eigenvalue weighted by molar-refractivity contribution is 6.26. The summed E-state index contributed by atoms with van der Waals surface area (Å²) in [5.74, 6) is -0.890. The Balaban J connectivity index is 0.000000132. The van der Waals surface area contributed by atoms with Gasteiger partial charge >= 0.3 is 5.82 Å². The minimum Gasteiger partial charge on any atom is -0.370 e. The fourth-order valence-electron chi connectivity index (χ4n) is 19.3. The number of rotatable bonds is 17. The molecule has 0 saturated carbocycles. The highest BCUT2D eigenvalue weighted by Crippen LogP contribution is 2.52. The van der Waals surface area contributed by atoms with Crippen molar-refractivity contribution in [2.24, 2.45) is 0 Å². The Morgan fingerprint density at radius 3 is 0.637 bits per heavy atom. The van der Waals surface area contributed by atoms with Gasteiger partial charge in [-0.3, -0.25) is 0 Å². The fourth-order valence-corrected chi connectivity index (χ4v) is 19.3. The molecule has 0 aliphatic rings. The van der Waals surface area contributed by atoms with Crippen molar-refractivity contribution in [3.63, 3.8) is 0 Å². The van der Waals surface area contributed by atoms with Crippen molar-refractivity contribution in [3.05, 3.63) is 537 Å². The quantitative estimate of drug-likeness (QED) is 0.0483. The van der Waals surface area contributed by atoms with E-state index in [1.807, 2.05) is 0 Å². The van der Waals surface area contributed by atoms with Gasteiger partial charge in [0, 0.05) is 34.1 Å². The standard InChI is InChI=1S/C60H44N2.C54H36.C18N12/c1-5-13-45(14-6-1)49-21-33-55(34-22-49)61(56-35-23-50(24-36-56)46-15-7-2-8-16-46)59-41-29-53(30-42-59)54-31-43-60(44-32-54)62(57-37-25-51(26-38-57)47-17-9-3-10-18-47)58-39-27-52(28-40-58)48-19-11-4-12-20-48;1-5-17-37(18-6-1)43-29-31-47(49(33-43)39-21-9-3-10-22-39)53-45-27-15-16-28-46(45)54(52-36-42-26-14-13-25-41(42)35-51(52)53)48-32-30-44(38-19-7-2-8-20-38)34-50(48)40-23-11-4-12-24-40;1-22-16-9(6-21)27-12-10-11(26-8(5-20)7(4-19)25-10)14-15(13(12)28-16)30-18(24-3)17(23-2)29-14/h1-44H;1-36H;. The van der Waals surface area contributed by atoms with E-state index in [9.17, 15) is 15.8 Å². The second-order valence-electron chi connectivity index (χ2n) is 34.9. The molecule has 3 heterocycles. The van der Waals surface area contributed by atoms with Crippen molar-refractivity contribution >= 4 is 117 Å². The summed E-state index contributed by atoms with van der Waals surface area (Å²) in [6.45, 7) is 21.7. The van der Waals surface area contributed by atoms with Crippen molar-refractivity contribution < 1.29 is 0 Å². The Morgan fingerprint density at radius 1 is 0.178 bits per heavy atom. The zero-order valence-corrected chi connectivity index (χ0v) is 78.4. The minimum absolute atomic E-state index is 0.000622. The average Bonchev–Trinajstić information content (AvgIpc) is 0.724. The van der Waals surface area contributed by atoms with Gasteiger partial charge < -0.3 is 24.3 Å². The maximum Gasteiger partial charge on any atom is 0.307 e. The Labute approximate surface area is 844 Å². The molecule has 678 valence electrons. The van der Waals surface area contributed by atoms with Crippen LogP contribution in [0.15, 0.2) is 485 Å². The van der Waals surface area contributed by atoms with Gasteiger partial charge in [0.1, 0.15) is 34.8 Å². The number of anilines is 6. The summed E-state index contributed by atoms with van der Waals surface area (Å²) in [6.07, 6.45) is 0. The number of fused-ring (bicyclic) bond motifs is 9. The lowest BCUT2D eigenvalue weighted by Crippen LogP contribution is -2.10. The third-order valence-corrected chi connectivity index (χ3v) is 26.3. The van der Waals surface area contributed by atoms with Gasteiger partial charge in [0.2, 0.25) is 11.0 Å². The number of benzene rings is 21. The molecule has 146 heavy (non-hydrogen) atoms. The summed E-state index contributed by atoms with van der Waals surface area (Å²) in [5.41, 5.74) is 32.3. The zero-order valence-electron chi connectivity index (χ0n) is 78.4. The van der Waals surface area contributed by atoms with Gasteiger partial charge in [-0.2, -0.15) is 15.8 Å². The summed E-state index contributed by atoms with van der Waals surface area (Å²) in [5, 5.41) is 35.3. The van der Waals surface area contributed by atoms with Gasteiger partial charge in [-0.25, -0.2) is 15.0 Å². The van der Waals surface area contributed by atoms with E-state index in [4.69, 9.17) is 19.7 Å². The maximum atomic E-state index is 9.30. The van der Waals surface area contributed by atoms with Crippen LogP contribution in [-0.2, 0) is 0 Å². The number of hydrogen-bond donors (Lipinski definition) is 0. The molecule has 0 aliphatic carbocycles. The van der Waals surface area contributed by atoms with Crippen molar-refractivity contribution in [2.45, 2.75) is 0 Å². The molecule has 0 aliphatic heterocycles. The average molecular weight is 1860 g/mol. The first-order valence-electron chi connectivity index (χ1n) is 47.5. The van der Waals surface area contributed by atoms with Crippen molar-refractivity contribution in [1.82, 2.24) is 29.9 Å². The van der Waals surface area contributed by atoms with E-state index in [2.05, 4.69) is 540 Å². The molecule has 21 aromatic carbocycles. The largest absolute Gasteiger partial charge is 0.370 e. The molecule has 14 nitrogen and oxygen atoms in total. The van der Waals surface area contributed by atoms with Crippen LogP contribution in [0.5, 0.6) is 0 Å². The summed E-state index contributed by atoms with van der Waals surface area (Å²) in [4.78, 5) is 39.0. The molecule has 0 fully saturated rings. The van der Waals surface area contributed by atoms with Crippen LogP contribution in [0.25, 0.3) is 202 Å². The van der Waals surface area contributed by atoms with Crippen LogP contribution in [0.4, 0.5) is 51.6 Å². The number of nitriles is 3. The summed E-state index contributed by atoms with van der Waals surface area (Å²) >= 11 is 0. The third-order valence-electron chi connectivity index (χ3n) is 26.3. The molecule has 3 aromatic heterocycles. The van der Waals surface area contributed by atoms with E-state index < -0.39 is 0 Å². The molecule has 0 N–H and O–H groups in total. The molecule has 14 heteroatoms. The Morgan fingerprint density at radius 2 is 0.384 bits per heavy atom. The molecular weight excluding hydrogens is 1780 g/mol. The van der Waals surface area contributed by atoms with Crippen LogP contribution in [0.3, 0.4) is 0 Å². The summed E-state index contributed by atoms with van der Waals surface area (Å²) in [6, 6.07) is 181. The lowest BCUT2D eigenvalue weighted by Gasteiger charge is -2.27. The highest BCUT2D eigenvalue weighted by atomic mass is 15.1. The van der Waals surface area contributed by atoms with Gasteiger partial charge in [0.15, 0.2) is 17.1 Å². The SMILES string of the molecule is [C-]#[N+]c1nc2c(nc1C#N)c1nc(C#N)c(C#N)nc1c1nc([N+]#[C-])c([N+]#[C-])nc21.c1ccc(-c2ccc(-c3c4ccccc4c(-c4ccc(-c5ccccc5)cc4-c4ccccc4)c4cc5ccccc5cc34)c(-c3ccccc3)c2)cc1.c1ccc(-c2ccc(N(c3ccc(-c4ccccc4)cc3)c3ccc(-c4ccc(N(c5ccc(-c6ccccc6)cc5)c5ccc(-c6ccccc6)cc5)cc4)cc3)cc2)cc1. The number of aromatic nitrogens is 6. The first-order chi connectivity index (χ1) is 72.1. The monoisotopic (exact) mass is 1860 g/mol. The van der Waals surface area contributed by atoms with Crippen molar-refractivity contribution in [3.8, 4) is 141 Å². The van der Waals surface area contributed by atoms with Crippen LogP contribution in [-0.4, -0.2) is 29.9 Å². The number of nitrogens with zero attached hydrogens (tertiary/aromatic N) is 14. The van der Waals surface area contributed by atoms with Crippen LogP contribution < -0.4 is 9.80 Å². The number of hydrogen-bond acceptors (Lipinski definition) is 11. The second kappa shape index (κ2) is 40.6. The Kier molecular flexibility index (Phi) is 25.0. The predicted molar refractivity (Wildman–Crippen MR) is 593 cm³/mol. The van der Waals surface area contributed by atoms with Crippen LogP contribution in [0.1, 0.15) is 17.1 Å². The van der Waals surface area contributed by atoms with Gasteiger partial charge in [-0.05, 0) is 252 Å². The maximum absolute atomic E-state index is 9.30. The smallest absolute Gasteiger partial charge is 0.307 e. The summed E-state index contributed by atoms with van der Waals surface area (Å²) in [7, 11) is 0. The van der Waals surface area contributed by atoms with Gasteiger partial charge in [0.25, 0.3) is 17.2 Å². The highest BCUT2D eigenvalue weighted by Gasteiger charge is 2.30. The Bertz CT molecular complexity index is 8400. The molecule has 24 aromatic rings. The van der Waals surface area contributed by atoms with Gasteiger partial charge in [-0.15, -0.1) is 15.0 Å². The van der Waals surface area contributed by atoms with E-state index in [1.165, 1.54) is 144 Å². The van der Waals surface area contributed by atoms with E-state index in [1.54, 1.807) is 18.2 Å². The second-order valence-corrected chi connectivity index (χ2v) is 34.9. The van der Waals surface area contributed by atoms with Crippen LogP contribution in [0.2, 0.25) is 0 Å². The minimum atomic E-state index is -0.298. The topological polar surface area (TPSA) is 168 Å². The third kappa shape index (κ3) is 18.0. The molecule has 0 radical (unpaired) electrons. The summed E-state index contributed by atoms with van der Waals surface area (Å²) < 4.78 is 0. The lowest BCUT2D eigenvalue weighted by atomic mass is 9.80. The van der Waals surface area contributed by atoms with E-state index in [-0.39, 0.29) is 67.6 Å². The lowest BCUT2D eigenvalue weighted by molar-refractivity contribution is 1.19. The molecule has 0 amide bonds. The van der Waals surface area contributed by atoms with Crippen molar-refractivity contribution in [1.29, 1.82) is 15.8 Å². The molecule has 0 spiro atoms. The molecular formula is C132H80N14. The van der Waals surface area contributed by atoms with Crippen LogP contribution >= 0.6 is 0 Å². The molecule has 0 unspecified atom stereocenters. The predicted octanol–water partition coefficient (Wildman–Crippen LogP) is 34.9. The fraction of sp³-hybridized carbons (Fsp3) is 0. The molecule has 0 saturated heterocycles.